The Kier molecular flexibility index (Phi) is 13.8. The zero-order valence-corrected chi connectivity index (χ0v) is 33.2. The molecule has 2 aliphatic heterocycles. The van der Waals surface area contributed by atoms with Crippen LogP contribution in [0.15, 0.2) is 48.7 Å². The summed E-state index contributed by atoms with van der Waals surface area (Å²) in [4.78, 5) is 118. The van der Waals surface area contributed by atoms with Crippen LogP contribution in [0.25, 0.3) is 11.2 Å². The van der Waals surface area contributed by atoms with Crippen LogP contribution in [0.4, 0.5) is 17.5 Å². The average molecular weight is 854 g/mol. The van der Waals surface area contributed by atoms with E-state index in [1.54, 1.807) is 12.1 Å². The summed E-state index contributed by atoms with van der Waals surface area (Å²) in [6.45, 7) is 0.700. The van der Waals surface area contributed by atoms with Crippen LogP contribution in [0.1, 0.15) is 88.1 Å². The molecule has 62 heavy (non-hydrogen) atoms. The van der Waals surface area contributed by atoms with Crippen molar-refractivity contribution in [1.29, 1.82) is 0 Å². The summed E-state index contributed by atoms with van der Waals surface area (Å²) in [6.07, 6.45) is 3.65. The first-order chi connectivity index (χ1) is 29.7. The normalized spacial score (nSPS) is 15.2. The topological polar surface area (TPSA) is 332 Å². The zero-order chi connectivity index (χ0) is 44.5. The van der Waals surface area contributed by atoms with Gasteiger partial charge in [-0.15, -0.1) is 0 Å². The third-order valence-corrected chi connectivity index (χ3v) is 10.1. The standard InChI is InChI=1S/C40H43N11O11/c41-33-32-34(49-40(42)48-33)44-18-22(45-32)19-50(23-10-8-21(9-11-23)35(56)46-25(39(60)61)12-15-30(54)55)17-4-2-1-3-16-43-29(53)20-62-27-7-5-6-24-31(27)38(59)51(37(24)58)26-13-14-28(52)47-36(26)57/h5-11,18,25-26H,1-4,12-17,19-20H2,(H,43,53)(H,46,56)(H,54,55)(H,60,61)(H,47,52,57)(H4,41,42,44,48,49)/t25-,26?/m1/s1. The minimum absolute atomic E-state index is 0.00521. The van der Waals surface area contributed by atoms with E-state index in [4.69, 9.17) is 21.3 Å². The maximum atomic E-state index is 13.3. The average Bonchev–Trinajstić information content (AvgIpc) is 3.49. The number of fused-ring (bicyclic) bond motifs is 2. The molecule has 1 unspecified atom stereocenters. The Labute approximate surface area is 352 Å². The van der Waals surface area contributed by atoms with Gasteiger partial charge in [0, 0.05) is 37.2 Å². The Morgan fingerprint density at radius 1 is 0.952 bits per heavy atom. The zero-order valence-electron chi connectivity index (χ0n) is 33.2. The molecule has 1 fully saturated rings. The fourth-order valence-electron chi connectivity index (χ4n) is 6.95. The lowest BCUT2D eigenvalue weighted by atomic mass is 10.0. The highest BCUT2D eigenvalue weighted by atomic mass is 16.5. The maximum Gasteiger partial charge on any atom is 0.326 e. The van der Waals surface area contributed by atoms with E-state index in [0.29, 0.717) is 37.3 Å². The number of nitrogen functional groups attached to an aromatic ring is 2. The molecule has 2 atom stereocenters. The van der Waals surface area contributed by atoms with Gasteiger partial charge in [0.25, 0.3) is 23.6 Å². The van der Waals surface area contributed by atoms with Crippen molar-refractivity contribution >= 4 is 76.0 Å². The lowest BCUT2D eigenvalue weighted by Crippen LogP contribution is -2.54. The highest BCUT2D eigenvalue weighted by molar-refractivity contribution is 6.24. The number of amides is 6. The van der Waals surface area contributed by atoms with Crippen molar-refractivity contribution in [2.24, 2.45) is 0 Å². The summed E-state index contributed by atoms with van der Waals surface area (Å²) in [6, 6.07) is 8.31. The number of anilines is 3. The quantitative estimate of drug-likeness (QED) is 0.0477. The number of carbonyl (C=O) groups excluding carboxylic acids is 6. The number of nitrogens with zero attached hydrogens (tertiary/aromatic N) is 6. The molecule has 0 saturated carbocycles. The van der Waals surface area contributed by atoms with Crippen LogP contribution < -0.4 is 37.1 Å². The number of hydrogen-bond acceptors (Lipinski definition) is 16. The van der Waals surface area contributed by atoms with Crippen LogP contribution in [0.2, 0.25) is 0 Å². The Balaban J connectivity index is 1.01. The lowest BCUT2D eigenvalue weighted by Gasteiger charge is -2.27. The summed E-state index contributed by atoms with van der Waals surface area (Å²) in [5.41, 5.74) is 13.6. The van der Waals surface area contributed by atoms with E-state index in [9.17, 15) is 43.5 Å². The smallest absolute Gasteiger partial charge is 0.326 e. The highest BCUT2D eigenvalue weighted by Crippen LogP contribution is 2.33. The summed E-state index contributed by atoms with van der Waals surface area (Å²) >= 11 is 0. The van der Waals surface area contributed by atoms with E-state index in [1.807, 2.05) is 4.90 Å². The number of aromatic nitrogens is 4. The molecule has 1 saturated heterocycles. The molecular formula is C40H43N11O11. The number of ether oxygens (including phenoxy) is 1. The molecule has 22 nitrogen and oxygen atoms in total. The summed E-state index contributed by atoms with van der Waals surface area (Å²) in [5.74, 6) is -6.27. The number of hydrogen-bond donors (Lipinski definition) is 7. The lowest BCUT2D eigenvalue weighted by molar-refractivity contribution is -0.141. The van der Waals surface area contributed by atoms with Gasteiger partial charge in [-0.25, -0.2) is 14.8 Å². The summed E-state index contributed by atoms with van der Waals surface area (Å²) in [7, 11) is 0. The number of piperidine rings is 1. The molecule has 4 aromatic rings. The molecule has 0 radical (unpaired) electrons. The third kappa shape index (κ3) is 10.5. The Hall–Kier alpha value is -7.78. The minimum Gasteiger partial charge on any atom is -0.483 e. The van der Waals surface area contributed by atoms with Crippen LogP contribution in [0.3, 0.4) is 0 Å². The number of nitrogens with one attached hydrogen (secondary N) is 3. The molecular weight excluding hydrogens is 811 g/mol. The molecule has 0 aliphatic carbocycles. The molecule has 0 spiro atoms. The van der Waals surface area contributed by atoms with E-state index >= 15 is 0 Å². The van der Waals surface area contributed by atoms with E-state index in [-0.39, 0.29) is 71.2 Å². The maximum absolute atomic E-state index is 13.3. The van der Waals surface area contributed by atoms with Gasteiger partial charge in [0.15, 0.2) is 23.6 Å². The predicted molar refractivity (Wildman–Crippen MR) is 217 cm³/mol. The van der Waals surface area contributed by atoms with Gasteiger partial charge in [0.05, 0.1) is 29.6 Å². The number of imide groups is 2. The van der Waals surface area contributed by atoms with Gasteiger partial charge in [0.2, 0.25) is 17.8 Å². The van der Waals surface area contributed by atoms with Crippen molar-refractivity contribution in [2.75, 3.05) is 36.1 Å². The van der Waals surface area contributed by atoms with Crippen molar-refractivity contribution in [2.45, 2.75) is 70.0 Å². The molecule has 9 N–H and O–H groups in total. The van der Waals surface area contributed by atoms with Gasteiger partial charge >= 0.3 is 11.9 Å². The molecule has 22 heteroatoms. The van der Waals surface area contributed by atoms with Gasteiger partial charge in [-0.2, -0.15) is 9.97 Å². The van der Waals surface area contributed by atoms with Crippen molar-refractivity contribution < 1.29 is 53.3 Å². The monoisotopic (exact) mass is 853 g/mol. The minimum atomic E-state index is -1.38. The molecule has 0 bridgehead atoms. The number of aliphatic carboxylic acids is 2. The second kappa shape index (κ2) is 19.5. The first-order valence-electron chi connectivity index (χ1n) is 19.6. The van der Waals surface area contributed by atoms with Crippen LogP contribution in [-0.4, -0.2) is 114 Å². The second-order valence-electron chi connectivity index (χ2n) is 14.4. The molecule has 4 heterocycles. The van der Waals surface area contributed by atoms with Crippen molar-refractivity contribution in [3.8, 4) is 5.75 Å². The van der Waals surface area contributed by atoms with E-state index in [0.717, 1.165) is 17.7 Å². The molecule has 2 aromatic heterocycles. The number of benzene rings is 2. The molecule has 6 amide bonds. The molecule has 6 rings (SSSR count). The number of carboxylic acid groups (broad SMARTS) is 2. The van der Waals surface area contributed by atoms with Crippen LogP contribution in [0.5, 0.6) is 5.75 Å². The number of unbranched alkanes of at least 4 members (excludes halogenated alkanes) is 3. The SMILES string of the molecule is Nc1nc(N)c2nc(CN(CCCCCCNC(=O)COc3cccc4c3C(=O)N(C3CCC(=O)NC3=O)C4=O)c3ccc(C(=O)N[C@H](CCC(=O)O)C(=O)O)cc3)cnc2n1. The van der Waals surface area contributed by atoms with Crippen molar-refractivity contribution in [3.63, 3.8) is 0 Å². The van der Waals surface area contributed by atoms with Gasteiger partial charge < -0.3 is 42.0 Å². The van der Waals surface area contributed by atoms with Gasteiger partial charge in [0.1, 0.15) is 17.8 Å². The van der Waals surface area contributed by atoms with E-state index < -0.39 is 72.5 Å². The third-order valence-electron chi connectivity index (χ3n) is 10.1. The Morgan fingerprint density at radius 3 is 2.44 bits per heavy atom. The molecule has 2 aliphatic rings. The summed E-state index contributed by atoms with van der Waals surface area (Å²) in [5, 5.41) is 25.7. The van der Waals surface area contributed by atoms with Crippen molar-refractivity contribution in [3.05, 3.63) is 71.0 Å². The largest absolute Gasteiger partial charge is 0.483 e. The Bertz CT molecular complexity index is 2430. The van der Waals surface area contributed by atoms with Gasteiger partial charge in [-0.3, -0.25) is 43.8 Å². The molecule has 2 aromatic carbocycles. The van der Waals surface area contributed by atoms with E-state index in [2.05, 4.69) is 35.9 Å². The fraction of sp³-hybridized carbons (Fsp3) is 0.350. The van der Waals surface area contributed by atoms with Gasteiger partial charge in [-0.05, 0) is 62.1 Å². The number of carboxylic acids is 2. The first-order valence-corrected chi connectivity index (χ1v) is 19.6. The van der Waals surface area contributed by atoms with Crippen LogP contribution >= 0.6 is 0 Å². The van der Waals surface area contributed by atoms with Crippen LogP contribution in [-0.2, 0) is 30.5 Å². The number of rotatable bonds is 20. The molecule has 324 valence electrons. The Morgan fingerprint density at radius 2 is 1.71 bits per heavy atom. The first kappa shape index (κ1) is 43.8. The van der Waals surface area contributed by atoms with E-state index in [1.165, 1.54) is 36.5 Å². The summed E-state index contributed by atoms with van der Waals surface area (Å²) < 4.78 is 5.66. The van der Waals surface area contributed by atoms with Crippen molar-refractivity contribution in [1.82, 2.24) is 40.8 Å². The number of carbonyl (C=O) groups is 8. The van der Waals surface area contributed by atoms with Gasteiger partial charge in [-0.1, -0.05) is 18.9 Å². The predicted octanol–water partition coefficient (Wildman–Crippen LogP) is 0.795. The van der Waals surface area contributed by atoms with Crippen LogP contribution in [0, 0.1) is 0 Å². The second-order valence-corrected chi connectivity index (χ2v) is 14.4. The number of nitrogens with two attached hydrogens (primary N) is 2. The highest BCUT2D eigenvalue weighted by Gasteiger charge is 2.46. The fourth-order valence-corrected chi connectivity index (χ4v) is 6.95.